The highest BCUT2D eigenvalue weighted by Crippen LogP contribution is 2.24. The summed E-state index contributed by atoms with van der Waals surface area (Å²) in [6.45, 7) is 0.330. The molecule has 0 aliphatic rings. The molecule has 4 N–H and O–H groups in total. The molecule has 2 heterocycles. The van der Waals surface area contributed by atoms with Gasteiger partial charge in [0, 0.05) is 37.5 Å². The van der Waals surface area contributed by atoms with Crippen LogP contribution in [0.1, 0.15) is 21.5 Å². The van der Waals surface area contributed by atoms with Gasteiger partial charge in [-0.05, 0) is 11.6 Å². The molecule has 0 spiro atoms. The first-order valence-electron chi connectivity index (χ1n) is 8.38. The SMILES string of the molecule is COc1cc(Nc2cc(NCc3ccccc3C(N)=O)c(C#N)cn2)n(C)n1. The van der Waals surface area contributed by atoms with E-state index < -0.39 is 5.91 Å². The van der Waals surface area contributed by atoms with Crippen LogP contribution in [0.3, 0.4) is 0 Å². The number of hydrogen-bond donors (Lipinski definition) is 3. The van der Waals surface area contributed by atoms with E-state index in [1.54, 1.807) is 42.1 Å². The highest BCUT2D eigenvalue weighted by atomic mass is 16.5. The number of anilines is 3. The normalized spacial score (nSPS) is 10.2. The maximum Gasteiger partial charge on any atom is 0.249 e. The standard InChI is InChI=1S/C19H19N7O2/c1-26-17(8-18(25-26)28-2)24-16-7-15(13(9-20)11-23-16)22-10-12-5-3-4-6-14(12)19(21)27/h3-8,11H,10H2,1-2H3,(H2,21,27)(H2,22,23,24). The van der Waals surface area contributed by atoms with E-state index in [0.717, 1.165) is 5.56 Å². The molecule has 9 nitrogen and oxygen atoms in total. The minimum Gasteiger partial charge on any atom is -0.480 e. The lowest BCUT2D eigenvalue weighted by Gasteiger charge is -2.12. The molecule has 0 fully saturated rings. The number of rotatable bonds is 7. The summed E-state index contributed by atoms with van der Waals surface area (Å²) in [5.74, 6) is 1.18. The number of nitrogens with zero attached hydrogens (tertiary/aromatic N) is 4. The van der Waals surface area contributed by atoms with E-state index in [4.69, 9.17) is 10.5 Å². The third-order valence-corrected chi connectivity index (χ3v) is 4.10. The fourth-order valence-corrected chi connectivity index (χ4v) is 2.65. The number of carbonyl (C=O) groups excluding carboxylic acids is 1. The van der Waals surface area contributed by atoms with Crippen LogP contribution in [0.5, 0.6) is 5.88 Å². The van der Waals surface area contributed by atoms with Crippen LogP contribution < -0.4 is 21.1 Å². The van der Waals surface area contributed by atoms with Gasteiger partial charge in [-0.1, -0.05) is 18.2 Å². The Labute approximate surface area is 161 Å². The summed E-state index contributed by atoms with van der Waals surface area (Å²) in [6, 6.07) is 12.6. The average molecular weight is 377 g/mol. The third kappa shape index (κ3) is 4.02. The molecule has 2 aromatic heterocycles. The molecule has 1 amide bonds. The van der Waals surface area contributed by atoms with Gasteiger partial charge >= 0.3 is 0 Å². The Morgan fingerprint density at radius 3 is 2.82 bits per heavy atom. The second kappa shape index (κ2) is 8.09. The zero-order chi connectivity index (χ0) is 20.1. The van der Waals surface area contributed by atoms with E-state index in [0.29, 0.717) is 40.9 Å². The summed E-state index contributed by atoms with van der Waals surface area (Å²) in [4.78, 5) is 15.8. The van der Waals surface area contributed by atoms with Crippen LogP contribution in [-0.2, 0) is 13.6 Å². The molecule has 0 saturated carbocycles. The highest BCUT2D eigenvalue weighted by Gasteiger charge is 2.11. The number of nitrogens with one attached hydrogen (secondary N) is 2. The van der Waals surface area contributed by atoms with Gasteiger partial charge in [-0.3, -0.25) is 4.79 Å². The van der Waals surface area contributed by atoms with Crippen LogP contribution in [0.2, 0.25) is 0 Å². The summed E-state index contributed by atoms with van der Waals surface area (Å²) in [6.07, 6.45) is 1.47. The molecule has 0 radical (unpaired) electrons. The number of hydrogen-bond acceptors (Lipinski definition) is 7. The minimum atomic E-state index is -0.500. The fourth-order valence-electron chi connectivity index (χ4n) is 2.65. The molecule has 0 bridgehead atoms. The Morgan fingerprint density at radius 1 is 1.36 bits per heavy atom. The molecule has 28 heavy (non-hydrogen) atoms. The van der Waals surface area contributed by atoms with Crippen LogP contribution in [-0.4, -0.2) is 27.8 Å². The molecule has 0 atom stereocenters. The molecule has 1 aromatic carbocycles. The molecule has 0 unspecified atom stereocenters. The molecular formula is C19H19N7O2. The zero-order valence-electron chi connectivity index (χ0n) is 15.4. The molecule has 0 aliphatic heterocycles. The van der Waals surface area contributed by atoms with Gasteiger partial charge in [0.25, 0.3) is 0 Å². The lowest BCUT2D eigenvalue weighted by atomic mass is 10.1. The van der Waals surface area contributed by atoms with Gasteiger partial charge in [0.1, 0.15) is 17.7 Å². The third-order valence-electron chi connectivity index (χ3n) is 4.10. The first-order valence-corrected chi connectivity index (χ1v) is 8.38. The smallest absolute Gasteiger partial charge is 0.249 e. The molecule has 0 saturated heterocycles. The number of nitriles is 1. The molecular weight excluding hydrogens is 358 g/mol. The maximum absolute atomic E-state index is 11.6. The number of aryl methyl sites for hydroxylation is 1. The molecule has 9 heteroatoms. The van der Waals surface area contributed by atoms with Crippen molar-refractivity contribution in [1.29, 1.82) is 5.26 Å². The van der Waals surface area contributed by atoms with Crippen LogP contribution in [0.25, 0.3) is 0 Å². The lowest BCUT2D eigenvalue weighted by Crippen LogP contribution is -2.15. The van der Waals surface area contributed by atoms with Crippen LogP contribution >= 0.6 is 0 Å². The van der Waals surface area contributed by atoms with Crippen LogP contribution in [0.15, 0.2) is 42.6 Å². The molecule has 0 aliphatic carbocycles. The molecule has 3 rings (SSSR count). The second-order valence-corrected chi connectivity index (χ2v) is 5.92. The number of benzene rings is 1. The van der Waals surface area contributed by atoms with Crippen molar-refractivity contribution in [3.63, 3.8) is 0 Å². The summed E-state index contributed by atoms with van der Waals surface area (Å²) in [7, 11) is 3.31. The topological polar surface area (TPSA) is 131 Å². The maximum atomic E-state index is 11.6. The Balaban J connectivity index is 1.83. The van der Waals surface area contributed by atoms with Gasteiger partial charge in [-0.25, -0.2) is 9.67 Å². The van der Waals surface area contributed by atoms with Crippen molar-refractivity contribution in [2.45, 2.75) is 6.54 Å². The van der Waals surface area contributed by atoms with Gasteiger partial charge in [-0.15, -0.1) is 5.10 Å². The van der Waals surface area contributed by atoms with E-state index >= 15 is 0 Å². The van der Waals surface area contributed by atoms with Crippen molar-refractivity contribution in [2.75, 3.05) is 17.7 Å². The number of ether oxygens (including phenoxy) is 1. The minimum absolute atomic E-state index is 0.330. The first kappa shape index (κ1) is 18.7. The van der Waals surface area contributed by atoms with Crippen molar-refractivity contribution in [3.8, 4) is 11.9 Å². The van der Waals surface area contributed by atoms with Crippen molar-refractivity contribution in [3.05, 3.63) is 59.3 Å². The number of aromatic nitrogens is 3. The largest absolute Gasteiger partial charge is 0.480 e. The zero-order valence-corrected chi connectivity index (χ0v) is 15.4. The average Bonchev–Trinajstić information content (AvgIpc) is 3.06. The number of nitrogens with two attached hydrogens (primary N) is 1. The van der Waals surface area contributed by atoms with Crippen molar-refractivity contribution < 1.29 is 9.53 Å². The highest BCUT2D eigenvalue weighted by molar-refractivity contribution is 5.94. The number of carbonyl (C=O) groups is 1. The number of pyridine rings is 1. The van der Waals surface area contributed by atoms with Crippen LogP contribution in [0.4, 0.5) is 17.3 Å². The monoisotopic (exact) mass is 377 g/mol. The van der Waals surface area contributed by atoms with Crippen molar-refractivity contribution >= 4 is 23.2 Å². The van der Waals surface area contributed by atoms with E-state index in [1.165, 1.54) is 13.3 Å². The Kier molecular flexibility index (Phi) is 5.41. The van der Waals surface area contributed by atoms with E-state index in [-0.39, 0.29) is 0 Å². The fraction of sp³-hybridized carbons (Fsp3) is 0.158. The van der Waals surface area contributed by atoms with Gasteiger partial charge < -0.3 is 21.1 Å². The summed E-state index contributed by atoms with van der Waals surface area (Å²) >= 11 is 0. The predicted molar refractivity (Wildman–Crippen MR) is 104 cm³/mol. The number of amides is 1. The van der Waals surface area contributed by atoms with E-state index in [9.17, 15) is 10.1 Å². The Morgan fingerprint density at radius 2 is 2.14 bits per heavy atom. The second-order valence-electron chi connectivity index (χ2n) is 5.92. The van der Waals surface area contributed by atoms with Crippen molar-refractivity contribution in [1.82, 2.24) is 14.8 Å². The number of primary amides is 1. The Hall–Kier alpha value is -4.06. The summed E-state index contributed by atoms with van der Waals surface area (Å²) < 4.78 is 6.73. The van der Waals surface area contributed by atoms with Gasteiger partial charge in [0.15, 0.2) is 0 Å². The summed E-state index contributed by atoms with van der Waals surface area (Å²) in [5, 5.41) is 19.8. The van der Waals surface area contributed by atoms with Crippen molar-refractivity contribution in [2.24, 2.45) is 12.8 Å². The molecule has 3 aromatic rings. The molecule has 142 valence electrons. The van der Waals surface area contributed by atoms with Gasteiger partial charge in [0.2, 0.25) is 11.8 Å². The number of methoxy groups -OCH3 is 1. The van der Waals surface area contributed by atoms with Gasteiger partial charge in [0.05, 0.1) is 18.4 Å². The van der Waals surface area contributed by atoms with Gasteiger partial charge in [-0.2, -0.15) is 5.26 Å². The van der Waals surface area contributed by atoms with E-state index in [2.05, 4.69) is 26.8 Å². The predicted octanol–water partition coefficient (Wildman–Crippen LogP) is 2.15. The first-order chi connectivity index (χ1) is 13.5. The van der Waals surface area contributed by atoms with Crippen LogP contribution in [0, 0.1) is 11.3 Å². The Bertz CT molecular complexity index is 1050. The summed E-state index contributed by atoms with van der Waals surface area (Å²) in [5.41, 5.74) is 7.55. The van der Waals surface area contributed by atoms with E-state index in [1.807, 2.05) is 6.07 Å². The quantitative estimate of drug-likeness (QED) is 0.575. The lowest BCUT2D eigenvalue weighted by molar-refractivity contribution is 0.0999.